The van der Waals surface area contributed by atoms with Crippen molar-refractivity contribution in [3.63, 3.8) is 0 Å². The fraction of sp³-hybridized carbons (Fsp3) is 0.234. The minimum absolute atomic E-state index is 0.845. The first-order valence-corrected chi connectivity index (χ1v) is 46.5. The summed E-state index contributed by atoms with van der Waals surface area (Å²) in [4.78, 5) is 5.02. The van der Waals surface area contributed by atoms with Gasteiger partial charge in [0.25, 0.3) is 0 Å². The summed E-state index contributed by atoms with van der Waals surface area (Å²) >= 11 is 0. The predicted molar refractivity (Wildman–Crippen MR) is 551 cm³/mol. The molecular weight excluding hydrogens is 1550 g/mol. The molecule has 0 amide bonds. The maximum absolute atomic E-state index is 6.71. The van der Waals surface area contributed by atoms with E-state index in [1.807, 2.05) is 69.2 Å². The molecule has 0 saturated heterocycles. The van der Waals surface area contributed by atoms with Crippen LogP contribution >= 0.6 is 0 Å². The van der Waals surface area contributed by atoms with E-state index in [1.165, 1.54) is 167 Å². The van der Waals surface area contributed by atoms with Crippen LogP contribution in [0.5, 0.6) is 23.0 Å². The number of benzene rings is 15. The van der Waals surface area contributed by atoms with Gasteiger partial charge in [0.1, 0.15) is 34.3 Å². The van der Waals surface area contributed by atoms with Crippen LogP contribution in [0.3, 0.4) is 0 Å². The average molecular weight is 1690 g/mol. The van der Waals surface area contributed by atoms with E-state index in [9.17, 15) is 0 Å². The van der Waals surface area contributed by atoms with Crippen molar-refractivity contribution >= 4 is 40.0 Å². The minimum Gasteiger partial charge on any atom is -0.456 e. The SMILES string of the molecule is CC.CC.CC.CC.CC.Cc1ccc(/C=c2\ccc3c(c2)Oc2cc(Cc4ccc(C)cc4C)ccc2C=3c2ccc(C)cc2C)c(C)c1.Cc1ccccc1-c1c2ccc(=Nc3c(C)cccc3C)cc-2oc2cc(Cc3c(C)cccc3C)ccc12.Cc1ccccc1C1=c2cc/c(=C\c3c(C)cccc3C)cc2Oc2cc(Cc3c(C)cccc3C)ccc21. The normalized spacial score (nSPS) is 11.7. The molecule has 4 heteroatoms. The standard InChI is InChI=1S/C39H36O.C38H34O.C37H33NO.5C2H6/c1-24-7-12-32(27(4)17-24)20-30-10-15-35-37(22-30)40-38-23-31(21-33-13-8-25(2)18-28(33)5)11-16-36(38)39(35)34-14-9-26(3)19-29(34)6;1-24-10-6-7-15-31(24)38-32-18-16-29(20-34-25(2)11-8-12-26(34)3)22-36(32)39-37-23-30(17-19-33(37)38)21-35-27(4)13-9-14-28(35)5;1-23-10-6-7-15-30(23)36-31-18-16-28(20-33-24(2)11-8-12-25(33)3)21-34(31)39-35-22-29(17-19-32(35)36)38-37-26(4)13-9-14-27(37)5;5*1-2/h7-20,22-23H,21H2,1-6H3;6-20,22-23H,21H2,1-5H3;6-19,21-22H,20H2,1-5H3;5*1-2H3/b30-20+;29-20+;;;;;;. The number of hydrogen-bond donors (Lipinski definition) is 0. The summed E-state index contributed by atoms with van der Waals surface area (Å²) in [7, 11) is 0. The quantitative estimate of drug-likeness (QED) is 0.115. The van der Waals surface area contributed by atoms with E-state index in [0.29, 0.717) is 0 Å². The van der Waals surface area contributed by atoms with E-state index in [2.05, 4.69) is 408 Å². The predicted octanol–water partition coefficient (Wildman–Crippen LogP) is 31.0. The second kappa shape index (κ2) is 44.3. The Kier molecular flexibility index (Phi) is 33.1. The topological polar surface area (TPSA) is 44.0 Å². The van der Waals surface area contributed by atoms with Crippen molar-refractivity contribution in [1.82, 2.24) is 0 Å². The third-order valence-electron chi connectivity index (χ3n) is 24.1. The summed E-state index contributed by atoms with van der Waals surface area (Å²) in [5, 5.41) is 6.58. The number of ether oxygens (including phenoxy) is 2. The molecule has 14 aromatic rings. The van der Waals surface area contributed by atoms with Gasteiger partial charge in [-0.25, -0.2) is 4.99 Å². The third kappa shape index (κ3) is 21.9. The highest BCUT2D eigenvalue weighted by atomic mass is 16.5. The Morgan fingerprint density at radius 2 is 0.688 bits per heavy atom. The highest BCUT2D eigenvalue weighted by Gasteiger charge is 2.26. The number of para-hydroxylation sites is 1. The molecule has 18 rings (SSSR count). The van der Waals surface area contributed by atoms with Gasteiger partial charge in [0.15, 0.2) is 0 Å². The van der Waals surface area contributed by atoms with Gasteiger partial charge in [-0.1, -0.05) is 310 Å². The molecule has 14 aromatic carbocycles. The van der Waals surface area contributed by atoms with Crippen molar-refractivity contribution in [1.29, 1.82) is 0 Å². The minimum atomic E-state index is 0.845. The Bertz CT molecular complexity index is 6890. The van der Waals surface area contributed by atoms with Gasteiger partial charge in [0.2, 0.25) is 0 Å². The molecule has 0 spiro atoms. The van der Waals surface area contributed by atoms with Gasteiger partial charge in [-0.2, -0.15) is 0 Å². The molecule has 4 aliphatic rings. The Balaban J connectivity index is 0.000000177. The lowest BCUT2D eigenvalue weighted by Crippen LogP contribution is -2.20. The van der Waals surface area contributed by atoms with E-state index >= 15 is 0 Å². The maximum Gasteiger partial charge on any atom is 0.137 e. The zero-order valence-corrected chi connectivity index (χ0v) is 81.1. The fourth-order valence-corrected chi connectivity index (χ4v) is 17.5. The van der Waals surface area contributed by atoms with Crippen LogP contribution in [0, 0.1) is 111 Å². The van der Waals surface area contributed by atoms with Crippen LogP contribution in [0.25, 0.3) is 56.7 Å². The van der Waals surface area contributed by atoms with Crippen LogP contribution in [-0.2, 0) is 19.3 Å². The number of rotatable bonds is 12. The number of hydrogen-bond acceptors (Lipinski definition) is 4. The zero-order chi connectivity index (χ0) is 92.2. The van der Waals surface area contributed by atoms with E-state index in [1.54, 1.807) is 0 Å². The second-order valence-electron chi connectivity index (χ2n) is 33.1. The lowest BCUT2D eigenvalue weighted by molar-refractivity contribution is 0.471. The summed E-state index contributed by atoms with van der Waals surface area (Å²) in [5.74, 6) is 4.51. The van der Waals surface area contributed by atoms with Crippen molar-refractivity contribution in [2.75, 3.05) is 0 Å². The Labute approximate surface area is 765 Å². The first kappa shape index (κ1) is 95.5. The molecule has 4 nitrogen and oxygen atoms in total. The van der Waals surface area contributed by atoms with Gasteiger partial charge in [-0.05, 0) is 341 Å². The van der Waals surface area contributed by atoms with Crippen LogP contribution in [-0.4, -0.2) is 0 Å². The first-order chi connectivity index (χ1) is 62.0. The average Bonchev–Trinajstić information content (AvgIpc) is 0.756. The van der Waals surface area contributed by atoms with E-state index in [4.69, 9.17) is 18.9 Å². The van der Waals surface area contributed by atoms with Gasteiger partial charge in [0, 0.05) is 55.3 Å². The summed E-state index contributed by atoms with van der Waals surface area (Å²) in [6.45, 7) is 54.7. The van der Waals surface area contributed by atoms with Crippen molar-refractivity contribution in [2.45, 2.75) is 199 Å². The summed E-state index contributed by atoms with van der Waals surface area (Å²) in [5.41, 5.74) is 43.6. The van der Waals surface area contributed by atoms with Gasteiger partial charge >= 0.3 is 0 Å². The molecule has 3 aliphatic heterocycles. The van der Waals surface area contributed by atoms with Gasteiger partial charge < -0.3 is 13.9 Å². The van der Waals surface area contributed by atoms with Crippen LogP contribution in [0.15, 0.2) is 295 Å². The van der Waals surface area contributed by atoms with Crippen LogP contribution in [0.4, 0.5) is 5.69 Å². The van der Waals surface area contributed by atoms with Crippen molar-refractivity contribution in [3.8, 4) is 45.4 Å². The van der Waals surface area contributed by atoms with Gasteiger partial charge in [-0.15, -0.1) is 0 Å². The number of aryl methyl sites for hydroxylation is 16. The van der Waals surface area contributed by atoms with Crippen LogP contribution in [0.2, 0.25) is 0 Å². The molecule has 0 saturated carbocycles. The Morgan fingerprint density at radius 3 is 1.20 bits per heavy atom. The second-order valence-corrected chi connectivity index (χ2v) is 33.1. The highest BCUT2D eigenvalue weighted by Crippen LogP contribution is 2.44. The van der Waals surface area contributed by atoms with Crippen LogP contribution in [0.1, 0.15) is 225 Å². The molecule has 652 valence electrons. The monoisotopic (exact) mass is 1680 g/mol. The van der Waals surface area contributed by atoms with Crippen molar-refractivity contribution in [2.24, 2.45) is 4.99 Å². The maximum atomic E-state index is 6.71. The molecule has 3 heterocycles. The molecule has 0 radical (unpaired) electrons. The van der Waals surface area contributed by atoms with E-state index < -0.39 is 0 Å². The summed E-state index contributed by atoms with van der Waals surface area (Å²) < 4.78 is 20.1. The highest BCUT2D eigenvalue weighted by molar-refractivity contribution is 6.03. The number of fused-ring (bicyclic) bond motifs is 6. The van der Waals surface area contributed by atoms with E-state index in [-0.39, 0.29) is 0 Å². The largest absolute Gasteiger partial charge is 0.456 e. The lowest BCUT2D eigenvalue weighted by atomic mass is 9.88. The van der Waals surface area contributed by atoms with E-state index in [0.717, 1.165) is 108 Å². The molecule has 128 heavy (non-hydrogen) atoms. The molecule has 0 fully saturated rings. The van der Waals surface area contributed by atoms with Crippen LogP contribution < -0.4 is 35.7 Å². The molecule has 0 N–H and O–H groups in total. The smallest absolute Gasteiger partial charge is 0.137 e. The fourth-order valence-electron chi connectivity index (χ4n) is 17.5. The number of nitrogens with zero attached hydrogens (tertiary/aromatic N) is 1. The molecule has 0 bridgehead atoms. The van der Waals surface area contributed by atoms with Crippen molar-refractivity contribution < 1.29 is 13.9 Å². The Morgan fingerprint density at radius 1 is 0.273 bits per heavy atom. The lowest BCUT2D eigenvalue weighted by Gasteiger charge is -2.23. The first-order valence-electron chi connectivity index (χ1n) is 46.5. The molecule has 0 atom stereocenters. The molecular formula is C124H133NO3. The van der Waals surface area contributed by atoms with Gasteiger partial charge in [0.05, 0.1) is 11.0 Å². The Hall–Kier alpha value is -13.2. The molecule has 0 unspecified atom stereocenters. The van der Waals surface area contributed by atoms with Crippen molar-refractivity contribution in [3.05, 3.63) is 467 Å². The molecule has 0 aromatic heterocycles. The summed E-state index contributed by atoms with van der Waals surface area (Å²) in [6, 6.07) is 103. The third-order valence-corrected chi connectivity index (χ3v) is 24.1. The molecule has 1 aliphatic carbocycles. The summed E-state index contributed by atoms with van der Waals surface area (Å²) in [6.07, 6.45) is 7.18. The van der Waals surface area contributed by atoms with Gasteiger partial charge in [-0.3, -0.25) is 0 Å². The zero-order valence-electron chi connectivity index (χ0n) is 81.1.